The van der Waals surface area contributed by atoms with Crippen molar-refractivity contribution in [3.63, 3.8) is 0 Å². The Labute approximate surface area is 141 Å². The third-order valence-electron chi connectivity index (χ3n) is 4.44. The lowest BCUT2D eigenvalue weighted by molar-refractivity contribution is 0.890. The predicted octanol–water partition coefficient (Wildman–Crippen LogP) is 7.15. The van der Waals surface area contributed by atoms with E-state index in [0.717, 1.165) is 0 Å². The molecule has 3 aromatic carbocycles. The zero-order valence-corrected chi connectivity index (χ0v) is 14.6. The average molecular weight is 316 g/mol. The molecule has 0 N–H and O–H groups in total. The van der Waals surface area contributed by atoms with Crippen LogP contribution in [-0.4, -0.2) is 0 Å². The predicted molar refractivity (Wildman–Crippen MR) is 104 cm³/mol. The molecule has 0 unspecified atom stereocenters. The fourth-order valence-corrected chi connectivity index (χ4v) is 4.17. The highest BCUT2D eigenvalue weighted by Crippen LogP contribution is 2.34. The number of rotatable bonds is 2. The highest BCUT2D eigenvalue weighted by atomic mass is 32.1. The minimum absolute atomic E-state index is 0.597. The van der Waals surface area contributed by atoms with Crippen molar-refractivity contribution in [2.24, 2.45) is 0 Å². The van der Waals surface area contributed by atoms with E-state index in [0.29, 0.717) is 5.92 Å². The van der Waals surface area contributed by atoms with Crippen LogP contribution in [0.3, 0.4) is 0 Å². The summed E-state index contributed by atoms with van der Waals surface area (Å²) >= 11 is 1.92. The van der Waals surface area contributed by atoms with Gasteiger partial charge in [-0.3, -0.25) is 0 Å². The maximum atomic E-state index is 2.33. The summed E-state index contributed by atoms with van der Waals surface area (Å²) in [6.07, 6.45) is 0. The van der Waals surface area contributed by atoms with Crippen LogP contribution in [0.1, 0.15) is 30.2 Å². The summed E-state index contributed by atoms with van der Waals surface area (Å²) in [6, 6.07) is 22.6. The molecule has 0 aliphatic heterocycles. The van der Waals surface area contributed by atoms with E-state index < -0.39 is 0 Å². The SMILES string of the molecule is Cc1ccc2cc(-c3ccc4cc(C(C)C)sc4c3)ccc2c1. The Balaban J connectivity index is 1.83. The van der Waals surface area contributed by atoms with Crippen molar-refractivity contribution in [3.05, 3.63) is 71.1 Å². The monoisotopic (exact) mass is 316 g/mol. The molecule has 1 heteroatoms. The van der Waals surface area contributed by atoms with Crippen molar-refractivity contribution < 1.29 is 0 Å². The van der Waals surface area contributed by atoms with Crippen molar-refractivity contribution >= 4 is 32.2 Å². The number of thiophene rings is 1. The summed E-state index contributed by atoms with van der Waals surface area (Å²) in [5, 5.41) is 3.98. The summed E-state index contributed by atoms with van der Waals surface area (Å²) in [7, 11) is 0. The molecule has 4 aromatic rings. The molecule has 0 aliphatic carbocycles. The average Bonchev–Trinajstić information content (AvgIpc) is 2.97. The first-order valence-electron chi connectivity index (χ1n) is 8.14. The van der Waals surface area contributed by atoms with E-state index in [9.17, 15) is 0 Å². The molecule has 0 spiro atoms. The molecule has 0 saturated carbocycles. The zero-order valence-electron chi connectivity index (χ0n) is 13.8. The van der Waals surface area contributed by atoms with Crippen LogP contribution < -0.4 is 0 Å². The Bertz CT molecular complexity index is 1010. The van der Waals surface area contributed by atoms with E-state index in [-0.39, 0.29) is 0 Å². The second kappa shape index (κ2) is 5.50. The second-order valence-electron chi connectivity index (χ2n) is 6.62. The molecule has 0 nitrogen and oxygen atoms in total. The molecule has 0 amide bonds. The molecular weight excluding hydrogens is 296 g/mol. The third kappa shape index (κ3) is 2.66. The first-order chi connectivity index (χ1) is 11.1. The van der Waals surface area contributed by atoms with Crippen molar-refractivity contribution in [1.29, 1.82) is 0 Å². The molecule has 23 heavy (non-hydrogen) atoms. The maximum Gasteiger partial charge on any atom is 0.0351 e. The molecule has 0 aliphatic rings. The van der Waals surface area contributed by atoms with Gasteiger partial charge in [0.15, 0.2) is 0 Å². The first kappa shape index (κ1) is 14.5. The number of hydrogen-bond acceptors (Lipinski definition) is 1. The molecule has 1 aromatic heterocycles. The fraction of sp³-hybridized carbons (Fsp3) is 0.182. The van der Waals surface area contributed by atoms with Gasteiger partial charge in [-0.2, -0.15) is 0 Å². The number of hydrogen-bond donors (Lipinski definition) is 0. The van der Waals surface area contributed by atoms with E-state index in [1.807, 2.05) is 11.3 Å². The molecule has 4 rings (SSSR count). The largest absolute Gasteiger partial charge is 0.140 e. The number of fused-ring (bicyclic) bond motifs is 2. The van der Waals surface area contributed by atoms with Crippen LogP contribution in [-0.2, 0) is 0 Å². The Hall–Kier alpha value is -2.12. The Morgan fingerprint density at radius 1 is 0.696 bits per heavy atom. The van der Waals surface area contributed by atoms with Crippen LogP contribution >= 0.6 is 11.3 Å². The van der Waals surface area contributed by atoms with Gasteiger partial charge in [-0.25, -0.2) is 0 Å². The molecule has 0 fully saturated rings. The molecule has 114 valence electrons. The maximum absolute atomic E-state index is 2.33. The highest BCUT2D eigenvalue weighted by Gasteiger charge is 2.07. The molecule has 0 bridgehead atoms. The summed E-state index contributed by atoms with van der Waals surface area (Å²) in [4.78, 5) is 1.46. The highest BCUT2D eigenvalue weighted by molar-refractivity contribution is 7.19. The van der Waals surface area contributed by atoms with Crippen LogP contribution in [0, 0.1) is 6.92 Å². The van der Waals surface area contributed by atoms with Gasteiger partial charge >= 0.3 is 0 Å². The lowest BCUT2D eigenvalue weighted by Crippen LogP contribution is -1.80. The zero-order chi connectivity index (χ0) is 16.0. The summed E-state index contributed by atoms with van der Waals surface area (Å²) in [5.41, 5.74) is 3.91. The van der Waals surface area contributed by atoms with Gasteiger partial charge in [0.1, 0.15) is 0 Å². The van der Waals surface area contributed by atoms with E-state index in [4.69, 9.17) is 0 Å². The van der Waals surface area contributed by atoms with Gasteiger partial charge in [0.2, 0.25) is 0 Å². The lowest BCUT2D eigenvalue weighted by atomic mass is 9.99. The van der Waals surface area contributed by atoms with E-state index in [1.54, 1.807) is 0 Å². The van der Waals surface area contributed by atoms with Gasteiger partial charge in [-0.1, -0.05) is 61.9 Å². The summed E-state index contributed by atoms with van der Waals surface area (Å²) in [5.74, 6) is 0.597. The number of aryl methyl sites for hydroxylation is 1. The summed E-state index contributed by atoms with van der Waals surface area (Å²) in [6.45, 7) is 6.66. The Kier molecular flexibility index (Phi) is 3.46. The Morgan fingerprint density at radius 2 is 1.35 bits per heavy atom. The lowest BCUT2D eigenvalue weighted by Gasteiger charge is -2.05. The van der Waals surface area contributed by atoms with Crippen molar-refractivity contribution in [3.8, 4) is 11.1 Å². The van der Waals surface area contributed by atoms with Crippen molar-refractivity contribution in [2.45, 2.75) is 26.7 Å². The topological polar surface area (TPSA) is 0 Å². The van der Waals surface area contributed by atoms with Crippen LogP contribution in [0.5, 0.6) is 0 Å². The van der Waals surface area contributed by atoms with Crippen LogP contribution in [0.25, 0.3) is 32.0 Å². The first-order valence-corrected chi connectivity index (χ1v) is 8.96. The minimum Gasteiger partial charge on any atom is -0.140 e. The number of benzene rings is 3. The molecule has 0 radical (unpaired) electrons. The third-order valence-corrected chi connectivity index (χ3v) is 5.84. The normalized spacial score (nSPS) is 11.7. The van der Waals surface area contributed by atoms with Crippen LogP contribution in [0.15, 0.2) is 60.7 Å². The van der Waals surface area contributed by atoms with Gasteiger partial charge in [-0.15, -0.1) is 11.3 Å². The van der Waals surface area contributed by atoms with Gasteiger partial charge in [-0.05, 0) is 58.3 Å². The molecular formula is C22H20S. The fourth-order valence-electron chi connectivity index (χ4n) is 3.06. The van der Waals surface area contributed by atoms with Crippen LogP contribution in [0.4, 0.5) is 0 Å². The van der Waals surface area contributed by atoms with E-state index in [1.165, 1.54) is 42.4 Å². The molecule has 0 saturated heterocycles. The van der Waals surface area contributed by atoms with Gasteiger partial charge in [0.05, 0.1) is 0 Å². The molecule has 1 heterocycles. The van der Waals surface area contributed by atoms with Gasteiger partial charge in [0.25, 0.3) is 0 Å². The van der Waals surface area contributed by atoms with Crippen molar-refractivity contribution in [2.75, 3.05) is 0 Å². The molecule has 0 atom stereocenters. The van der Waals surface area contributed by atoms with Crippen LogP contribution in [0.2, 0.25) is 0 Å². The Morgan fingerprint density at radius 3 is 2.13 bits per heavy atom. The van der Waals surface area contributed by atoms with Crippen molar-refractivity contribution in [1.82, 2.24) is 0 Å². The smallest absolute Gasteiger partial charge is 0.0351 e. The van der Waals surface area contributed by atoms with E-state index >= 15 is 0 Å². The standard InChI is InChI=1S/C22H20S/c1-14(2)21-13-20-9-8-19(12-22(20)23-21)18-7-6-16-10-15(3)4-5-17(16)11-18/h4-14H,1-3H3. The van der Waals surface area contributed by atoms with Gasteiger partial charge < -0.3 is 0 Å². The minimum atomic E-state index is 0.597. The quantitative estimate of drug-likeness (QED) is 0.368. The van der Waals surface area contributed by atoms with E-state index in [2.05, 4.69) is 81.4 Å². The second-order valence-corrected chi connectivity index (χ2v) is 7.74. The van der Waals surface area contributed by atoms with Gasteiger partial charge in [0, 0.05) is 9.58 Å². The summed E-state index contributed by atoms with van der Waals surface area (Å²) < 4.78 is 1.38.